The van der Waals surface area contributed by atoms with Gasteiger partial charge in [0.05, 0.1) is 6.17 Å². The first kappa shape index (κ1) is 8.36. The van der Waals surface area contributed by atoms with Crippen LogP contribution in [0.25, 0.3) is 0 Å². The molecule has 62 valence electrons. The van der Waals surface area contributed by atoms with Gasteiger partial charge in [-0.2, -0.15) is 0 Å². The number of nitrogens with one attached hydrogen (secondary N) is 2. The summed E-state index contributed by atoms with van der Waals surface area (Å²) in [7, 11) is 0. The molecule has 0 aromatic rings. The van der Waals surface area contributed by atoms with Crippen molar-refractivity contribution in [1.29, 1.82) is 0 Å². The van der Waals surface area contributed by atoms with E-state index in [1.807, 2.05) is 0 Å². The van der Waals surface area contributed by atoms with E-state index in [0.29, 0.717) is 19.3 Å². The minimum atomic E-state index is -0.452. The molecule has 0 saturated carbocycles. The second kappa shape index (κ2) is 3.11. The maximum Gasteiger partial charge on any atom is 0.173 e. The van der Waals surface area contributed by atoms with E-state index in [-0.39, 0.29) is 0 Å². The van der Waals surface area contributed by atoms with Crippen molar-refractivity contribution >= 4 is 13.4 Å². The van der Waals surface area contributed by atoms with Crippen LogP contribution in [0.5, 0.6) is 0 Å². The summed E-state index contributed by atoms with van der Waals surface area (Å²) in [5, 5.41) is 6.39. The molecule has 0 bridgehead atoms. The van der Waals surface area contributed by atoms with Gasteiger partial charge in [0.15, 0.2) is 5.66 Å². The second-order valence-electron chi connectivity index (χ2n) is 2.78. The summed E-state index contributed by atoms with van der Waals surface area (Å²) in [4.78, 5) is 7.86. The third kappa shape index (κ3) is 1.64. The van der Waals surface area contributed by atoms with E-state index in [1.54, 1.807) is 0 Å². The second-order valence-corrected chi connectivity index (χ2v) is 2.78. The van der Waals surface area contributed by atoms with Crippen molar-refractivity contribution in [3.63, 3.8) is 0 Å². The van der Waals surface area contributed by atoms with Crippen LogP contribution in [0.1, 0.15) is 6.92 Å². The van der Waals surface area contributed by atoms with Crippen molar-refractivity contribution in [2.24, 2.45) is 9.98 Å². The number of hydrogen-bond donors (Lipinski definition) is 2. The topological polar surface area (TPSA) is 48.8 Å². The standard InChI is InChI=1S/C7H14N4/c1-6-10-4-7(8-2,9-3)5-11-6/h6,10-11H,2-5H2,1H3. The van der Waals surface area contributed by atoms with Crippen LogP contribution in [0, 0.1) is 0 Å². The van der Waals surface area contributed by atoms with Gasteiger partial charge in [-0.3, -0.25) is 20.6 Å². The average molecular weight is 154 g/mol. The van der Waals surface area contributed by atoms with Crippen molar-refractivity contribution in [2.45, 2.75) is 18.8 Å². The quantitative estimate of drug-likeness (QED) is 0.533. The average Bonchev–Trinajstić information content (AvgIpc) is 2.07. The van der Waals surface area contributed by atoms with Crippen LogP contribution < -0.4 is 10.6 Å². The zero-order chi connectivity index (χ0) is 8.32. The highest BCUT2D eigenvalue weighted by Crippen LogP contribution is 2.12. The molecule has 0 atom stereocenters. The maximum atomic E-state index is 3.93. The van der Waals surface area contributed by atoms with Crippen LogP contribution >= 0.6 is 0 Å². The molecule has 1 rings (SSSR count). The molecule has 0 aliphatic carbocycles. The van der Waals surface area contributed by atoms with E-state index >= 15 is 0 Å². The van der Waals surface area contributed by atoms with Gasteiger partial charge >= 0.3 is 0 Å². The minimum Gasteiger partial charge on any atom is -0.298 e. The van der Waals surface area contributed by atoms with E-state index in [0.717, 1.165) is 0 Å². The van der Waals surface area contributed by atoms with Gasteiger partial charge < -0.3 is 0 Å². The Labute approximate surface area is 66.8 Å². The largest absolute Gasteiger partial charge is 0.298 e. The lowest BCUT2D eigenvalue weighted by molar-refractivity contribution is 0.280. The fraction of sp³-hybridized carbons (Fsp3) is 0.714. The van der Waals surface area contributed by atoms with Gasteiger partial charge in [-0.05, 0) is 20.4 Å². The van der Waals surface area contributed by atoms with Crippen molar-refractivity contribution in [3.8, 4) is 0 Å². The first-order valence-corrected chi connectivity index (χ1v) is 3.65. The highest BCUT2D eigenvalue weighted by molar-refractivity contribution is 5.31. The smallest absolute Gasteiger partial charge is 0.173 e. The fourth-order valence-electron chi connectivity index (χ4n) is 1.04. The summed E-state index contributed by atoms with van der Waals surface area (Å²) in [5.41, 5.74) is -0.452. The molecule has 0 aromatic carbocycles. The molecule has 0 spiro atoms. The van der Waals surface area contributed by atoms with E-state index < -0.39 is 5.66 Å². The zero-order valence-corrected chi connectivity index (χ0v) is 6.80. The number of nitrogens with zero attached hydrogens (tertiary/aromatic N) is 2. The Morgan fingerprint density at radius 2 is 1.73 bits per heavy atom. The Morgan fingerprint density at radius 3 is 2.09 bits per heavy atom. The highest BCUT2D eigenvalue weighted by atomic mass is 15.3. The lowest BCUT2D eigenvalue weighted by atomic mass is 10.1. The molecule has 1 aliphatic heterocycles. The third-order valence-electron chi connectivity index (χ3n) is 1.97. The molecule has 4 heteroatoms. The summed E-state index contributed by atoms with van der Waals surface area (Å²) < 4.78 is 0. The number of aliphatic imine (C=N–C) groups is 2. The Hall–Kier alpha value is -0.740. The van der Waals surface area contributed by atoms with Crippen LogP contribution in [-0.4, -0.2) is 38.4 Å². The van der Waals surface area contributed by atoms with Gasteiger partial charge in [0.2, 0.25) is 0 Å². The summed E-state index contributed by atoms with van der Waals surface area (Å²) in [6.45, 7) is 10.5. The van der Waals surface area contributed by atoms with Crippen LogP contribution in [-0.2, 0) is 0 Å². The molecule has 0 radical (unpaired) electrons. The van der Waals surface area contributed by atoms with Gasteiger partial charge in [-0.15, -0.1) is 0 Å². The van der Waals surface area contributed by atoms with Crippen molar-refractivity contribution in [1.82, 2.24) is 10.6 Å². The Kier molecular flexibility index (Phi) is 2.36. The normalized spacial score (nSPS) is 24.5. The molecule has 0 aromatic heterocycles. The molecular weight excluding hydrogens is 140 g/mol. The predicted octanol–water partition coefficient (Wildman–Crippen LogP) is -0.377. The van der Waals surface area contributed by atoms with Gasteiger partial charge in [0.25, 0.3) is 0 Å². The van der Waals surface area contributed by atoms with E-state index in [9.17, 15) is 0 Å². The predicted molar refractivity (Wildman–Crippen MR) is 47.3 cm³/mol. The molecule has 1 heterocycles. The zero-order valence-electron chi connectivity index (χ0n) is 6.80. The van der Waals surface area contributed by atoms with Crippen molar-refractivity contribution in [3.05, 3.63) is 0 Å². The molecule has 0 amide bonds. The monoisotopic (exact) mass is 154 g/mol. The van der Waals surface area contributed by atoms with Crippen molar-refractivity contribution < 1.29 is 0 Å². The molecule has 0 unspecified atom stereocenters. The Bertz CT molecular complexity index is 148. The van der Waals surface area contributed by atoms with E-state index in [2.05, 4.69) is 41.0 Å². The van der Waals surface area contributed by atoms with E-state index in [4.69, 9.17) is 0 Å². The molecule has 1 saturated heterocycles. The Morgan fingerprint density at radius 1 is 1.27 bits per heavy atom. The van der Waals surface area contributed by atoms with Gasteiger partial charge in [0, 0.05) is 13.1 Å². The molecule has 4 nitrogen and oxygen atoms in total. The number of hydrogen-bond acceptors (Lipinski definition) is 4. The summed E-state index contributed by atoms with van der Waals surface area (Å²) in [6.07, 6.45) is 0.326. The fourth-order valence-corrected chi connectivity index (χ4v) is 1.04. The lowest BCUT2D eigenvalue weighted by Crippen LogP contribution is -2.59. The van der Waals surface area contributed by atoms with Crippen LogP contribution in [0.4, 0.5) is 0 Å². The maximum absolute atomic E-state index is 3.93. The SMILES string of the molecule is C=NC1(N=C)CNC(C)NC1. The third-order valence-corrected chi connectivity index (χ3v) is 1.97. The molecule has 11 heavy (non-hydrogen) atoms. The van der Waals surface area contributed by atoms with Gasteiger partial charge in [-0.1, -0.05) is 0 Å². The van der Waals surface area contributed by atoms with Crippen molar-refractivity contribution in [2.75, 3.05) is 13.1 Å². The van der Waals surface area contributed by atoms with Gasteiger partial charge in [0.1, 0.15) is 0 Å². The summed E-state index contributed by atoms with van der Waals surface area (Å²) >= 11 is 0. The molecule has 1 fully saturated rings. The van der Waals surface area contributed by atoms with Crippen LogP contribution in [0.3, 0.4) is 0 Å². The van der Waals surface area contributed by atoms with E-state index in [1.165, 1.54) is 0 Å². The minimum absolute atomic E-state index is 0.326. The van der Waals surface area contributed by atoms with Crippen LogP contribution in [0.2, 0.25) is 0 Å². The number of rotatable bonds is 2. The molecule has 2 N–H and O–H groups in total. The molecular formula is C7H14N4. The first-order valence-electron chi connectivity index (χ1n) is 3.65. The Balaban J connectivity index is 2.59. The highest BCUT2D eigenvalue weighted by Gasteiger charge is 2.30. The van der Waals surface area contributed by atoms with Crippen LogP contribution in [0.15, 0.2) is 9.98 Å². The van der Waals surface area contributed by atoms with Gasteiger partial charge in [-0.25, -0.2) is 0 Å². The summed E-state index contributed by atoms with van der Waals surface area (Å²) in [6, 6.07) is 0. The lowest BCUT2D eigenvalue weighted by Gasteiger charge is -2.34. The summed E-state index contributed by atoms with van der Waals surface area (Å²) in [5.74, 6) is 0. The molecule has 1 aliphatic rings. The first-order chi connectivity index (χ1) is 5.22.